The van der Waals surface area contributed by atoms with Crippen molar-refractivity contribution in [2.75, 3.05) is 151 Å². The van der Waals surface area contributed by atoms with E-state index in [1.165, 1.54) is 66.9 Å². The molecule has 1 fully saturated rings. The first kappa shape index (κ1) is 146. The van der Waals surface area contributed by atoms with Crippen LogP contribution in [0.15, 0.2) is 126 Å². The molecule has 0 aromatic heterocycles. The fraction of sp³-hybridized carbons (Fsp3) is 0.556. The third kappa shape index (κ3) is 62.9. The van der Waals surface area contributed by atoms with Gasteiger partial charge in [0.2, 0.25) is 0 Å². The minimum atomic E-state index is -3.18. The lowest BCUT2D eigenvalue weighted by molar-refractivity contribution is 0.179. The van der Waals surface area contributed by atoms with E-state index in [2.05, 4.69) is 88.2 Å². The third-order valence-electron chi connectivity index (χ3n) is 14.6. The van der Waals surface area contributed by atoms with Gasteiger partial charge in [-0.2, -0.15) is 0 Å². The molecule has 0 bridgehead atoms. The van der Waals surface area contributed by atoms with Gasteiger partial charge in [-0.25, -0.2) is 8.42 Å². The van der Waals surface area contributed by atoms with E-state index in [-0.39, 0.29) is 105 Å². The Balaban J connectivity index is -0.0000000663. The zero-order valence-corrected chi connectivity index (χ0v) is 80.3. The lowest BCUT2D eigenvalue weighted by Crippen LogP contribution is -2.35. The summed E-state index contributed by atoms with van der Waals surface area (Å²) in [7, 11) is 5.61. The number of hydrogen-bond donors (Lipinski definition) is 20. The van der Waals surface area contributed by atoms with Crippen LogP contribution in [0.2, 0.25) is 0 Å². The molecule has 31 nitrogen and oxygen atoms in total. The molecule has 4 aromatic rings. The number of methoxy groups -OCH3 is 2. The molecule has 4 aromatic carbocycles. The van der Waals surface area contributed by atoms with Gasteiger partial charge in [0.1, 0.15) is 31.5 Å². The van der Waals surface area contributed by atoms with Crippen LogP contribution >= 0.6 is 74.9 Å². The molecular formula is C72H161Cl2N16O15P5S2. The number of halogens is 2. The number of phenolic OH excluding ortho intramolecular Hbond substituents is 1. The number of aromatic hydroxyl groups is 1. The van der Waals surface area contributed by atoms with Gasteiger partial charge in [0, 0.05) is 98.4 Å². The Morgan fingerprint density at radius 1 is 0.705 bits per heavy atom. The van der Waals surface area contributed by atoms with Gasteiger partial charge in [-0.15, -0.1) is 23.2 Å². The van der Waals surface area contributed by atoms with Crippen LogP contribution in [0.25, 0.3) is 0 Å². The summed E-state index contributed by atoms with van der Waals surface area (Å²) in [6.45, 7) is 31.3. The molecule has 0 saturated heterocycles. The minimum Gasteiger partial charge on any atom is -0.506 e. The van der Waals surface area contributed by atoms with E-state index in [0.717, 1.165) is 54.6 Å². The number of rotatable bonds is 18. The van der Waals surface area contributed by atoms with E-state index >= 15 is 0 Å². The number of phenols is 1. The van der Waals surface area contributed by atoms with Crippen molar-refractivity contribution in [2.45, 2.75) is 135 Å². The molecule has 5 unspecified atom stereocenters. The van der Waals surface area contributed by atoms with Gasteiger partial charge in [-0.1, -0.05) is 96.9 Å². The summed E-state index contributed by atoms with van der Waals surface area (Å²) < 4.78 is 93.8. The van der Waals surface area contributed by atoms with Crippen molar-refractivity contribution in [1.82, 2.24) is 64.3 Å². The Morgan fingerprint density at radius 2 is 1.15 bits per heavy atom. The highest BCUT2D eigenvalue weighted by atomic mass is 35.5. The molecule has 0 spiro atoms. The Morgan fingerprint density at radius 3 is 1.52 bits per heavy atom. The van der Waals surface area contributed by atoms with Crippen LogP contribution in [-0.4, -0.2) is 211 Å². The molecule has 3 aliphatic rings. The average molecular weight is 1780 g/mol. The monoisotopic (exact) mass is 1780 g/mol. The van der Waals surface area contributed by atoms with Gasteiger partial charge in [0.25, 0.3) is 0 Å². The number of nitrogens with one attached hydrogen (secondary N) is 3. The quantitative estimate of drug-likeness (QED) is 0.0145. The number of aliphatic hydroxyl groups excluding tert-OH is 2. The van der Waals surface area contributed by atoms with Crippen LogP contribution in [-0.2, 0) is 28.1 Å². The standard InChI is InChI=1S/C15H28N2O.C10H16NO2P.C10H15NO2S.C9H16NOP.C8H12NO2P.C8H10NO2P.C5H11N.2C2H6.2CH3Cl.CH4O.8H3N.H2O2S.H3OP.H2O/c1-5-9-16(3)10-6-11-17(4)14-8-7-13(2)15(18)12-14;1-11-9-6-5-8(14(3,4)12)7-10(9)13-2;1-8(2)14(12,13)10-7-5-4-6-9(10)11-3;1-10-8-6-4-5-7-9(8)12(2,3)11;1-12(2,11)6-3-4-7(9)8(10)5-6;1-5-7(12-10)4-3-6(9)8(5)11-2;6-5-3-1-2-4-5;5*1-2;;;;;;;;;1-3-2;1-2;/h7-8,12-13,15,18H,5-6,9-11H2,1-4H3;5-7,11H,1-4H3;4-8,11H,1-3H3;4-10H,1-3H3;3-5,10H,9H2,1-2H3;3-4H,9H2,1-2H3;5H,1-4,6H2;2*1-2H3;2*1H3;2H,1H3;8*1H3;1-2H;1H,2H2;1H2. The number of allylic oxidation sites excluding steroid dienone is 3. The molecule has 41 N–H and O–H groups in total. The maximum atomic E-state index is 11.9. The SMILES string of the molecule is CC.CC.CCCN(C)CCCN(C)C1=CC(O)C(C)C=C1.CCl.CCl.CNC1C=CC=CC1P(C)(C)=O.CNc1ccc(P(C)(C)=O)cc1OC.CNc1ccccc1S(=O)(=O)C(C)C.CO.COc1c(N)ccc(P=O)c1C.CP(C)(=O)c1ccc(N)c(O)c1.N.N.N.N.N.N.N.N.NC1CCCC1.O.OP.OSO. The topological polar surface area (TPSA) is 674 Å². The van der Waals surface area contributed by atoms with Gasteiger partial charge in [-0.3, -0.25) is 4.57 Å². The number of sulfone groups is 1. The maximum absolute atomic E-state index is 11.9. The summed E-state index contributed by atoms with van der Waals surface area (Å²) in [6.07, 6.45) is 24.4. The molecule has 3 aliphatic carbocycles. The van der Waals surface area contributed by atoms with Crippen molar-refractivity contribution in [1.29, 1.82) is 0 Å². The van der Waals surface area contributed by atoms with Crippen LogP contribution in [0, 0.1) is 12.8 Å². The third-order valence-corrected chi connectivity index (χ3v) is 22.5. The average Bonchev–Trinajstić information content (AvgIpc) is 0.844. The predicted octanol–water partition coefficient (Wildman–Crippen LogP) is 15.6. The molecule has 0 amide bonds. The van der Waals surface area contributed by atoms with Crippen molar-refractivity contribution in [3.8, 4) is 17.2 Å². The van der Waals surface area contributed by atoms with Crippen molar-refractivity contribution in [3.05, 3.63) is 127 Å². The lowest BCUT2D eigenvalue weighted by atomic mass is 9.98. The number of benzene rings is 4. The molecule has 0 heterocycles. The van der Waals surface area contributed by atoms with Crippen LogP contribution in [0.3, 0.4) is 0 Å². The largest absolute Gasteiger partial charge is 0.506 e. The van der Waals surface area contributed by atoms with Gasteiger partial charge in [0.15, 0.2) is 30.6 Å². The van der Waals surface area contributed by atoms with Gasteiger partial charge in [0.05, 0.1) is 60.4 Å². The summed E-state index contributed by atoms with van der Waals surface area (Å²) >= 11 is 9.03. The molecule has 5 atom stereocenters. The van der Waals surface area contributed by atoms with Gasteiger partial charge >= 0.3 is 0 Å². The Labute approximate surface area is 695 Å². The highest BCUT2D eigenvalue weighted by Gasteiger charge is 2.28. The van der Waals surface area contributed by atoms with Gasteiger partial charge in [-0.05, 0) is 196 Å². The number of para-hydroxylation sites is 1. The smallest absolute Gasteiger partial charge is 0.192 e. The molecular weight excluding hydrogens is 1620 g/mol. The number of likely N-dealkylation sites (N-methyl/N-ethyl adjacent to an activating group) is 2. The molecule has 1 saturated carbocycles. The molecule has 40 heteroatoms. The number of aliphatic hydroxyl groups is 2. The first-order chi connectivity index (χ1) is 48.5. The molecule has 670 valence electrons. The zero-order valence-electron chi connectivity index (χ0n) is 72.5. The number of anilines is 4. The number of nitrogens with zero attached hydrogens (tertiary/aromatic N) is 2. The van der Waals surface area contributed by atoms with Crippen LogP contribution in [0.4, 0.5) is 22.7 Å². The second kappa shape index (κ2) is 86.0. The number of ether oxygens (including phenoxy) is 2. The minimum absolute atomic E-state index is 0. The molecule has 7 rings (SSSR count). The Hall–Kier alpha value is -4.34. The van der Waals surface area contributed by atoms with E-state index in [1.807, 2.05) is 118 Å². The van der Waals surface area contributed by atoms with Crippen molar-refractivity contribution in [3.63, 3.8) is 0 Å². The maximum Gasteiger partial charge on any atom is 0.192 e. The number of nitrogen functional groups attached to an aromatic ring is 2. The highest BCUT2D eigenvalue weighted by Crippen LogP contribution is 2.46. The number of hydrogen-bond acceptors (Lipinski definition) is 31. The number of alkyl halides is 2. The molecule has 0 radical (unpaired) electrons. The summed E-state index contributed by atoms with van der Waals surface area (Å²) in [5.74, 6) is 1.57. The fourth-order valence-corrected chi connectivity index (χ4v) is 13.8. The van der Waals surface area contributed by atoms with E-state index in [1.54, 1.807) is 104 Å². The zero-order chi connectivity index (χ0) is 81.9. The molecule has 0 aliphatic heterocycles. The highest BCUT2D eigenvalue weighted by molar-refractivity contribution is 7.92. The summed E-state index contributed by atoms with van der Waals surface area (Å²) in [6, 6.07) is 21.4. The normalized spacial score (nSPS) is 13.9. The van der Waals surface area contributed by atoms with E-state index in [9.17, 15) is 36.9 Å². The van der Waals surface area contributed by atoms with Crippen LogP contribution in [0.5, 0.6) is 17.2 Å². The van der Waals surface area contributed by atoms with Crippen LogP contribution < -0.4 is 108 Å². The van der Waals surface area contributed by atoms with E-state index in [0.29, 0.717) is 44.4 Å². The Bertz CT molecular complexity index is 3240. The first-order valence-electron chi connectivity index (χ1n) is 33.5. The summed E-state index contributed by atoms with van der Waals surface area (Å²) in [5, 5.41) is 36.9. The molecule has 112 heavy (non-hydrogen) atoms. The van der Waals surface area contributed by atoms with Crippen molar-refractivity contribution >= 4 is 123 Å². The summed E-state index contributed by atoms with van der Waals surface area (Å²) in [5.41, 5.74) is 21.1. The predicted molar refractivity (Wildman–Crippen MR) is 502 cm³/mol. The second-order valence-corrected chi connectivity index (χ2v) is 36.6. The first-order valence-corrected chi connectivity index (χ1v) is 46.5. The second-order valence-electron chi connectivity index (χ2n) is 23.4. The van der Waals surface area contributed by atoms with E-state index in [4.69, 9.17) is 45.8 Å². The van der Waals surface area contributed by atoms with Crippen molar-refractivity contribution in [2.24, 2.45) is 11.7 Å². The fourth-order valence-electron chi connectivity index (χ4n) is 8.95. The Kier molecular flexibility index (Phi) is 112. The summed E-state index contributed by atoms with van der Waals surface area (Å²) in [4.78, 5) is 11.9. The number of nitrogens with two attached hydrogens (primary N) is 3. The van der Waals surface area contributed by atoms with Crippen LogP contribution in [0.1, 0.15) is 99.5 Å². The van der Waals surface area contributed by atoms with Crippen molar-refractivity contribution < 1.29 is 70.9 Å². The van der Waals surface area contributed by atoms with E-state index < -0.39 is 36.5 Å². The lowest BCUT2D eigenvalue weighted by Gasteiger charge is -2.26. The van der Waals surface area contributed by atoms with Gasteiger partial charge < -0.3 is 150 Å².